The molecule has 0 aliphatic carbocycles. The molecule has 0 saturated carbocycles. The van der Waals surface area contributed by atoms with Crippen molar-refractivity contribution in [1.82, 2.24) is 0 Å². The fourth-order valence-electron chi connectivity index (χ4n) is 8.83. The van der Waals surface area contributed by atoms with Gasteiger partial charge in [-0.1, -0.05) is 272 Å². The first kappa shape index (κ1) is 71.3. The summed E-state index contributed by atoms with van der Waals surface area (Å²) in [4.78, 5) is 38.4. The van der Waals surface area contributed by atoms with Crippen LogP contribution in [-0.4, -0.2) is 37.2 Å². The zero-order chi connectivity index (χ0) is 54.3. The first-order valence-corrected chi connectivity index (χ1v) is 31.8. The quantitative estimate of drug-likeness (QED) is 0.0199. The number of hydrogen-bond acceptors (Lipinski definition) is 6. The molecule has 75 heavy (non-hydrogen) atoms. The van der Waals surface area contributed by atoms with Gasteiger partial charge < -0.3 is 14.2 Å². The van der Waals surface area contributed by atoms with Crippen LogP contribution in [0.4, 0.5) is 0 Å². The lowest BCUT2D eigenvalue weighted by molar-refractivity contribution is -0.167. The molecule has 0 rings (SSSR count). The molecule has 0 aromatic rings. The van der Waals surface area contributed by atoms with E-state index in [0.29, 0.717) is 19.3 Å². The average molecular weight is 1040 g/mol. The van der Waals surface area contributed by atoms with Crippen LogP contribution in [0.25, 0.3) is 0 Å². The Hall–Kier alpha value is -3.67. The summed E-state index contributed by atoms with van der Waals surface area (Å²) in [5.41, 5.74) is 0. The molecule has 0 bridgehead atoms. The second-order valence-corrected chi connectivity index (χ2v) is 21.0. The number of hydrogen-bond donors (Lipinski definition) is 0. The lowest BCUT2D eigenvalue weighted by atomic mass is 10.1. The Morgan fingerprint density at radius 3 is 0.893 bits per heavy atom. The third kappa shape index (κ3) is 61.1. The van der Waals surface area contributed by atoms with E-state index in [2.05, 4.69) is 118 Å². The van der Waals surface area contributed by atoms with E-state index in [-0.39, 0.29) is 31.1 Å². The number of allylic oxidation sites excluding steroid dienone is 16. The summed E-state index contributed by atoms with van der Waals surface area (Å²) >= 11 is 0. The fraction of sp³-hybridized carbons (Fsp3) is 0.725. The maximum Gasteiger partial charge on any atom is 0.306 e. The number of esters is 3. The van der Waals surface area contributed by atoms with Gasteiger partial charge in [-0.25, -0.2) is 0 Å². The van der Waals surface area contributed by atoms with Crippen molar-refractivity contribution in [1.29, 1.82) is 0 Å². The first-order valence-electron chi connectivity index (χ1n) is 31.8. The smallest absolute Gasteiger partial charge is 0.306 e. The molecule has 0 aromatic heterocycles. The van der Waals surface area contributed by atoms with Gasteiger partial charge in [-0.05, 0) is 109 Å². The minimum atomic E-state index is -0.789. The highest BCUT2D eigenvalue weighted by atomic mass is 16.6. The third-order valence-corrected chi connectivity index (χ3v) is 13.6. The fourth-order valence-corrected chi connectivity index (χ4v) is 8.83. The standard InChI is InChI=1S/C69H118O6/c1-4-7-10-13-16-19-22-25-28-31-34-37-40-43-46-49-52-55-58-61-67(70)73-64-66(75-69(72)63-60-57-54-51-48-45-42-39-36-33-30-27-24-21-18-15-12-9-6-3)65-74-68(71)62-59-56-53-50-47-44-41-38-35-32-29-26-23-20-17-14-11-8-5-2/h7,10,16-21,23-28,34,37,66H,4-6,8-9,11-15,22,29-33,35-36,38-65H2,1-3H3/b10-7-,19-16-,20-17-,21-18-,26-23-,27-24-,28-25-,37-34-. The Bertz CT molecular complexity index is 1480. The highest BCUT2D eigenvalue weighted by molar-refractivity contribution is 5.71. The van der Waals surface area contributed by atoms with Crippen LogP contribution in [0.1, 0.15) is 303 Å². The van der Waals surface area contributed by atoms with Gasteiger partial charge >= 0.3 is 17.9 Å². The van der Waals surface area contributed by atoms with Crippen molar-refractivity contribution >= 4 is 17.9 Å². The molecule has 0 spiro atoms. The Morgan fingerprint density at radius 2 is 0.560 bits per heavy atom. The minimum Gasteiger partial charge on any atom is -0.462 e. The number of unbranched alkanes of at least 4 members (excludes halogenated alkanes) is 32. The molecular weight excluding hydrogens is 925 g/mol. The van der Waals surface area contributed by atoms with Crippen LogP contribution < -0.4 is 0 Å². The Balaban J connectivity index is 4.42. The predicted octanol–water partition coefficient (Wildman–Crippen LogP) is 21.7. The van der Waals surface area contributed by atoms with Crippen molar-refractivity contribution in [3.05, 3.63) is 97.2 Å². The van der Waals surface area contributed by atoms with Crippen LogP contribution in [0.5, 0.6) is 0 Å². The molecular formula is C69H118O6. The molecule has 0 aliphatic rings. The molecule has 1 atom stereocenters. The van der Waals surface area contributed by atoms with Crippen LogP contribution in [0.3, 0.4) is 0 Å². The summed E-state index contributed by atoms with van der Waals surface area (Å²) in [6.07, 6.45) is 84.0. The molecule has 1 unspecified atom stereocenters. The van der Waals surface area contributed by atoms with Crippen molar-refractivity contribution in [2.24, 2.45) is 0 Å². The van der Waals surface area contributed by atoms with Gasteiger partial charge in [0.05, 0.1) is 0 Å². The van der Waals surface area contributed by atoms with Crippen LogP contribution in [0.15, 0.2) is 97.2 Å². The van der Waals surface area contributed by atoms with E-state index in [4.69, 9.17) is 14.2 Å². The van der Waals surface area contributed by atoms with E-state index < -0.39 is 6.10 Å². The average Bonchev–Trinajstić information content (AvgIpc) is 3.41. The SMILES string of the molecule is CC/C=C\C/C=C\C/C=C\C/C=C\CCCCCCCCC(=O)OCC(COC(=O)CCCCCCCCCCCC/C=C\C=C/CCCCC)OC(=O)CCCCCCCCCCCC/C=C\C=C/CCCCC. The maximum atomic E-state index is 12.9. The largest absolute Gasteiger partial charge is 0.462 e. The molecule has 0 radical (unpaired) electrons. The highest BCUT2D eigenvalue weighted by Crippen LogP contribution is 2.16. The Morgan fingerprint density at radius 1 is 0.293 bits per heavy atom. The van der Waals surface area contributed by atoms with Gasteiger partial charge in [0.1, 0.15) is 13.2 Å². The summed E-state index contributed by atoms with van der Waals surface area (Å²) in [7, 11) is 0. The van der Waals surface area contributed by atoms with Gasteiger partial charge in [0.15, 0.2) is 6.10 Å². The van der Waals surface area contributed by atoms with Crippen LogP contribution in [0, 0.1) is 0 Å². The van der Waals surface area contributed by atoms with Gasteiger partial charge in [0.2, 0.25) is 0 Å². The summed E-state index contributed by atoms with van der Waals surface area (Å²) in [5, 5.41) is 0. The van der Waals surface area contributed by atoms with Crippen LogP contribution in [-0.2, 0) is 28.6 Å². The normalized spacial score (nSPS) is 12.7. The van der Waals surface area contributed by atoms with Crippen molar-refractivity contribution < 1.29 is 28.6 Å². The molecule has 6 heteroatoms. The van der Waals surface area contributed by atoms with Gasteiger partial charge in [0, 0.05) is 19.3 Å². The van der Waals surface area contributed by atoms with E-state index >= 15 is 0 Å². The van der Waals surface area contributed by atoms with Crippen LogP contribution in [0.2, 0.25) is 0 Å². The van der Waals surface area contributed by atoms with E-state index in [1.54, 1.807) is 0 Å². The summed E-state index contributed by atoms with van der Waals surface area (Å²) < 4.78 is 16.9. The molecule has 0 saturated heterocycles. The van der Waals surface area contributed by atoms with Crippen molar-refractivity contribution in [3.8, 4) is 0 Å². The van der Waals surface area contributed by atoms with E-state index in [1.807, 2.05) is 0 Å². The van der Waals surface area contributed by atoms with Gasteiger partial charge in [-0.15, -0.1) is 0 Å². The number of rotatable bonds is 57. The molecule has 0 aromatic carbocycles. The lowest BCUT2D eigenvalue weighted by Gasteiger charge is -2.18. The van der Waals surface area contributed by atoms with E-state index in [0.717, 1.165) is 89.9 Å². The lowest BCUT2D eigenvalue weighted by Crippen LogP contribution is -2.30. The highest BCUT2D eigenvalue weighted by Gasteiger charge is 2.19. The van der Waals surface area contributed by atoms with Gasteiger partial charge in [-0.3, -0.25) is 14.4 Å². The second kappa shape index (κ2) is 62.9. The molecule has 430 valence electrons. The molecule has 0 aliphatic heterocycles. The molecule has 0 fully saturated rings. The van der Waals surface area contributed by atoms with Crippen molar-refractivity contribution in [3.63, 3.8) is 0 Å². The Kier molecular flexibility index (Phi) is 59.8. The van der Waals surface area contributed by atoms with Gasteiger partial charge in [-0.2, -0.15) is 0 Å². The maximum absolute atomic E-state index is 12.9. The predicted molar refractivity (Wildman–Crippen MR) is 325 cm³/mol. The summed E-state index contributed by atoms with van der Waals surface area (Å²) in [6.45, 7) is 6.48. The van der Waals surface area contributed by atoms with Crippen molar-refractivity contribution in [2.75, 3.05) is 13.2 Å². The minimum absolute atomic E-state index is 0.0849. The third-order valence-electron chi connectivity index (χ3n) is 13.6. The number of carbonyl (C=O) groups is 3. The number of carbonyl (C=O) groups excluding carboxylic acids is 3. The zero-order valence-electron chi connectivity index (χ0n) is 49.3. The summed E-state index contributed by atoms with van der Waals surface area (Å²) in [6, 6.07) is 0. The van der Waals surface area contributed by atoms with E-state index in [1.165, 1.54) is 173 Å². The molecule has 0 N–H and O–H groups in total. The Labute approximate surface area is 464 Å². The monoisotopic (exact) mass is 1040 g/mol. The van der Waals surface area contributed by atoms with Crippen molar-refractivity contribution in [2.45, 2.75) is 309 Å². The zero-order valence-corrected chi connectivity index (χ0v) is 49.3. The first-order chi connectivity index (χ1) is 37.0. The van der Waals surface area contributed by atoms with E-state index in [9.17, 15) is 14.4 Å². The van der Waals surface area contributed by atoms with Gasteiger partial charge in [0.25, 0.3) is 0 Å². The summed E-state index contributed by atoms with van der Waals surface area (Å²) in [5.74, 6) is -0.896. The molecule has 6 nitrogen and oxygen atoms in total. The second-order valence-electron chi connectivity index (χ2n) is 21.0. The molecule has 0 amide bonds. The van der Waals surface area contributed by atoms with Crippen LogP contribution >= 0.6 is 0 Å². The molecule has 0 heterocycles. The number of ether oxygens (including phenoxy) is 3. The topological polar surface area (TPSA) is 78.9 Å².